The second kappa shape index (κ2) is 12.5. The van der Waals surface area contributed by atoms with Gasteiger partial charge in [-0.15, -0.1) is 0 Å². The summed E-state index contributed by atoms with van der Waals surface area (Å²) in [6.07, 6.45) is 17.1. The Morgan fingerprint density at radius 2 is 1.80 bits per heavy atom. The smallest absolute Gasteiger partial charge is 0.267 e. The molecule has 0 spiro atoms. The fourth-order valence-corrected chi connectivity index (χ4v) is 10.3. The van der Waals surface area contributed by atoms with Crippen LogP contribution >= 0.6 is 7.82 Å². The number of hydrogen-bond acceptors (Lipinski definition) is 4. The van der Waals surface area contributed by atoms with E-state index in [0.29, 0.717) is 40.1 Å². The van der Waals surface area contributed by atoms with Crippen molar-refractivity contribution in [1.29, 1.82) is 0 Å². The maximum atomic E-state index is 11.6. The van der Waals surface area contributed by atoms with Gasteiger partial charge in [-0.2, -0.15) is 0 Å². The highest BCUT2D eigenvalue weighted by molar-refractivity contribution is 7.44. The van der Waals surface area contributed by atoms with Crippen LogP contribution in [0.5, 0.6) is 0 Å². The third kappa shape index (κ3) is 7.43. The van der Waals surface area contributed by atoms with Gasteiger partial charge in [0.2, 0.25) is 6.29 Å². The zero-order valence-corrected chi connectivity index (χ0v) is 28.4. The highest BCUT2D eigenvalue weighted by Gasteiger charge is 2.59. The minimum atomic E-state index is -4.89. The van der Waals surface area contributed by atoms with Crippen LogP contribution in [0, 0.1) is 52.3 Å². The first kappa shape index (κ1) is 33.4. The molecule has 0 saturated heterocycles. The third-order valence-corrected chi connectivity index (χ3v) is 12.5. The summed E-state index contributed by atoms with van der Waals surface area (Å²) in [6.45, 7) is 15.0. The van der Waals surface area contributed by atoms with Crippen molar-refractivity contribution < 1.29 is 28.1 Å². The highest BCUT2D eigenvalue weighted by Crippen LogP contribution is 2.67. The van der Waals surface area contributed by atoms with Gasteiger partial charge in [0, 0.05) is 0 Å². The normalized spacial score (nSPS) is 39.4. The number of hydrogen-bond donors (Lipinski definition) is 1. The van der Waals surface area contributed by atoms with Gasteiger partial charge < -0.3 is 19.0 Å². The Kier molecular flexibility index (Phi) is 10.2. The molecular formula is C34H60NO5P. The molecule has 0 bridgehead atoms. The summed E-state index contributed by atoms with van der Waals surface area (Å²) < 4.78 is 23.3. The largest absolute Gasteiger partial charge is 0.756 e. The van der Waals surface area contributed by atoms with Gasteiger partial charge in [-0.05, 0) is 110 Å². The molecule has 11 atom stereocenters. The van der Waals surface area contributed by atoms with E-state index in [0.717, 1.165) is 43.4 Å². The number of quaternary nitrogens is 1. The summed E-state index contributed by atoms with van der Waals surface area (Å²) in [5.74, 6) is 5.08. The van der Waals surface area contributed by atoms with Crippen LogP contribution in [0.4, 0.5) is 0 Å². The lowest BCUT2D eigenvalue weighted by Gasteiger charge is -2.58. The maximum Gasteiger partial charge on any atom is 0.267 e. The van der Waals surface area contributed by atoms with Crippen LogP contribution in [0.25, 0.3) is 0 Å². The van der Waals surface area contributed by atoms with Crippen LogP contribution < -0.4 is 4.89 Å². The molecular weight excluding hydrogens is 533 g/mol. The highest BCUT2D eigenvalue weighted by atomic mass is 31.2. The van der Waals surface area contributed by atoms with Crippen molar-refractivity contribution in [2.75, 3.05) is 27.7 Å². The summed E-state index contributed by atoms with van der Waals surface area (Å²) >= 11 is 0. The predicted octanol–water partition coefficient (Wildman–Crippen LogP) is 7.33. The van der Waals surface area contributed by atoms with E-state index >= 15 is 0 Å². The summed E-state index contributed by atoms with van der Waals surface area (Å²) in [5, 5.41) is 0. The molecule has 0 aromatic rings. The first-order valence-corrected chi connectivity index (χ1v) is 18.0. The fraction of sp³-hybridized carbons (Fsp3) is 0.882. The topological polar surface area (TPSA) is 78.8 Å². The second-order valence-electron chi connectivity index (χ2n) is 16.0. The van der Waals surface area contributed by atoms with Gasteiger partial charge in [0.05, 0.1) is 27.2 Å². The van der Waals surface area contributed by atoms with E-state index in [9.17, 15) is 14.4 Å². The molecule has 4 aliphatic carbocycles. The fourth-order valence-electron chi connectivity index (χ4n) is 9.84. The quantitative estimate of drug-likeness (QED) is 0.117. The number of rotatable bonds is 11. The molecule has 6 nitrogen and oxygen atoms in total. The van der Waals surface area contributed by atoms with Crippen LogP contribution in [-0.2, 0) is 13.8 Å². The molecule has 4 aliphatic rings. The van der Waals surface area contributed by atoms with Gasteiger partial charge in [0.15, 0.2) is 0 Å². The van der Waals surface area contributed by atoms with Crippen LogP contribution in [0.1, 0.15) is 99.3 Å². The summed E-state index contributed by atoms with van der Waals surface area (Å²) in [5.41, 5.74) is 2.13. The van der Waals surface area contributed by atoms with Gasteiger partial charge in [-0.1, -0.05) is 65.3 Å². The molecule has 41 heavy (non-hydrogen) atoms. The summed E-state index contributed by atoms with van der Waals surface area (Å²) in [6, 6.07) is 0. The van der Waals surface area contributed by atoms with E-state index in [2.05, 4.69) is 59.8 Å². The zero-order valence-electron chi connectivity index (χ0n) is 27.5. The van der Waals surface area contributed by atoms with Crippen molar-refractivity contribution in [1.82, 2.24) is 0 Å². The Hall–Kier alpha value is -0.490. The number of phosphoric acid groups is 1. The number of fused-ring (bicyclic) bond motifs is 5. The zero-order chi connectivity index (χ0) is 30.4. The van der Waals surface area contributed by atoms with E-state index in [1.54, 1.807) is 0 Å². The number of allylic oxidation sites excluding steroid dienone is 3. The molecule has 3 fully saturated rings. The van der Waals surface area contributed by atoms with Gasteiger partial charge in [-0.3, -0.25) is 9.09 Å². The predicted molar refractivity (Wildman–Crippen MR) is 165 cm³/mol. The van der Waals surface area contributed by atoms with E-state index in [1.165, 1.54) is 37.7 Å². The van der Waals surface area contributed by atoms with Crippen molar-refractivity contribution in [3.8, 4) is 0 Å². The Morgan fingerprint density at radius 3 is 2.41 bits per heavy atom. The van der Waals surface area contributed by atoms with Crippen LogP contribution in [0.15, 0.2) is 23.8 Å². The number of ether oxygens (including phenoxy) is 1. The van der Waals surface area contributed by atoms with Crippen LogP contribution in [-0.4, -0.2) is 49.5 Å². The molecule has 1 N–H and O–H groups in total. The van der Waals surface area contributed by atoms with Crippen LogP contribution in [0.2, 0.25) is 0 Å². The molecule has 0 radical (unpaired) electrons. The summed E-state index contributed by atoms with van der Waals surface area (Å²) in [4.78, 5) is 20.9. The molecule has 0 heterocycles. The monoisotopic (exact) mass is 593 g/mol. The Balaban J connectivity index is 1.46. The molecule has 0 aromatic carbocycles. The second-order valence-corrected chi connectivity index (χ2v) is 17.2. The molecule has 3 saturated carbocycles. The lowest BCUT2D eigenvalue weighted by Crippen LogP contribution is -2.51. The molecule has 0 amide bonds. The number of phosphoric ester groups is 1. The van der Waals surface area contributed by atoms with Gasteiger partial charge >= 0.3 is 0 Å². The van der Waals surface area contributed by atoms with Crippen molar-refractivity contribution in [2.24, 2.45) is 52.3 Å². The van der Waals surface area contributed by atoms with E-state index in [1.807, 2.05) is 21.1 Å². The molecule has 7 heteroatoms. The van der Waals surface area contributed by atoms with E-state index in [-0.39, 0.29) is 11.5 Å². The van der Waals surface area contributed by atoms with Crippen LogP contribution in [0.3, 0.4) is 0 Å². The van der Waals surface area contributed by atoms with Crippen molar-refractivity contribution in [3.05, 3.63) is 23.8 Å². The molecule has 0 aromatic heterocycles. The minimum Gasteiger partial charge on any atom is -0.756 e. The Bertz CT molecular complexity index is 1010. The van der Waals surface area contributed by atoms with Gasteiger partial charge in [0.1, 0.15) is 6.54 Å². The van der Waals surface area contributed by atoms with Gasteiger partial charge in [0.25, 0.3) is 7.82 Å². The summed E-state index contributed by atoms with van der Waals surface area (Å²) in [7, 11) is 0.999. The Morgan fingerprint density at radius 1 is 1.10 bits per heavy atom. The first-order valence-electron chi connectivity index (χ1n) is 16.5. The average molecular weight is 594 g/mol. The first-order chi connectivity index (χ1) is 19.0. The molecule has 4 rings (SSSR count). The van der Waals surface area contributed by atoms with E-state index < -0.39 is 14.1 Å². The Labute approximate surface area is 251 Å². The lowest BCUT2D eigenvalue weighted by molar-refractivity contribution is -0.876. The molecule has 5 unspecified atom stereocenters. The molecule has 0 aliphatic heterocycles. The van der Waals surface area contributed by atoms with Crippen molar-refractivity contribution in [3.63, 3.8) is 0 Å². The minimum absolute atomic E-state index is 0.0934. The number of nitrogens with zero attached hydrogens (tertiary/aromatic N) is 1. The van der Waals surface area contributed by atoms with Crippen molar-refractivity contribution >= 4 is 7.82 Å². The van der Waals surface area contributed by atoms with Gasteiger partial charge in [-0.25, -0.2) is 0 Å². The number of likely N-dealkylation sites (N-methyl/N-ethyl adjacent to an activating group) is 1. The molecule has 236 valence electrons. The standard InChI is InChI=1S/C34H60NO5P/c1-10-25(23(2)3)12-11-24(4)29-15-16-30-28-14-13-26-21-27(39-32(22-35(7,8)9)40-41(36,37)38)17-19-33(26,5)31(28)18-20-34(29,30)6/h11-13,23-25,27-32H,10,14-22H2,1-9H3,(H-,36,37,38)/t24-,25-,27+,28?,29-,30?,31?,32?,33+,34-/m1/s1. The average Bonchev–Trinajstić information content (AvgIpc) is 3.19. The third-order valence-electron chi connectivity index (χ3n) is 12.0. The SMILES string of the molecule is CC[C@H](C=C[C@@H](C)[C@H]1CCC2C3CC=C4C[C@@H](OC(C[N+](C)(C)C)OP(=O)([O-])O)CC[C@]4(C)C3CC[C@@]21C)C(C)C. The van der Waals surface area contributed by atoms with E-state index in [4.69, 9.17) is 9.26 Å². The lowest BCUT2D eigenvalue weighted by atomic mass is 9.47. The van der Waals surface area contributed by atoms with Crippen molar-refractivity contribution in [2.45, 2.75) is 112 Å². The maximum absolute atomic E-state index is 11.6.